The van der Waals surface area contributed by atoms with E-state index in [0.29, 0.717) is 17.0 Å². The molecule has 0 saturated heterocycles. The molecule has 0 saturated carbocycles. The third-order valence-electron chi connectivity index (χ3n) is 4.60. The topological polar surface area (TPSA) is 89.2 Å². The fraction of sp³-hybridized carbons (Fsp3) is 0.0500. The molecule has 150 valence electrons. The summed E-state index contributed by atoms with van der Waals surface area (Å²) in [5.41, 5.74) is 2.19. The Morgan fingerprint density at radius 3 is 2.67 bits per heavy atom. The summed E-state index contributed by atoms with van der Waals surface area (Å²) in [6, 6.07) is 14.3. The largest absolute Gasteiger partial charge is 0.339 e. The van der Waals surface area contributed by atoms with E-state index >= 15 is 0 Å². The first-order valence-electron chi connectivity index (χ1n) is 8.90. The van der Waals surface area contributed by atoms with Gasteiger partial charge in [0.05, 0.1) is 15.1 Å². The molecule has 10 heteroatoms. The van der Waals surface area contributed by atoms with Crippen molar-refractivity contribution in [1.29, 1.82) is 0 Å². The zero-order chi connectivity index (χ0) is 20.9. The minimum atomic E-state index is -3.93. The summed E-state index contributed by atoms with van der Waals surface area (Å²) in [6.45, 7) is 1.88. The van der Waals surface area contributed by atoms with Gasteiger partial charge < -0.3 is 5.32 Å². The van der Waals surface area contributed by atoms with E-state index in [1.54, 1.807) is 24.3 Å². The van der Waals surface area contributed by atoms with Crippen molar-refractivity contribution >= 4 is 48.5 Å². The van der Waals surface area contributed by atoms with Crippen LogP contribution in [0.5, 0.6) is 0 Å². The van der Waals surface area contributed by atoms with Crippen molar-refractivity contribution in [2.45, 2.75) is 16.8 Å². The molecule has 3 heterocycles. The number of thiophene rings is 1. The van der Waals surface area contributed by atoms with Crippen molar-refractivity contribution in [3.8, 4) is 0 Å². The highest BCUT2D eigenvalue weighted by Gasteiger charge is 2.27. The Labute approximate surface area is 174 Å². The molecule has 0 unspecified atom stereocenters. The van der Waals surface area contributed by atoms with Gasteiger partial charge in [-0.05, 0) is 48.7 Å². The van der Waals surface area contributed by atoms with Crippen molar-refractivity contribution in [3.63, 3.8) is 0 Å². The molecular weight excluding hydrogens is 425 g/mol. The molecule has 0 spiro atoms. The second-order valence-corrected chi connectivity index (χ2v) is 9.46. The van der Waals surface area contributed by atoms with E-state index in [4.69, 9.17) is 0 Å². The van der Waals surface area contributed by atoms with Gasteiger partial charge in [-0.25, -0.2) is 17.8 Å². The number of hydrogen-bond donors (Lipinski definition) is 1. The monoisotopic (exact) mass is 439 g/mol. The number of rotatable bonds is 4. The van der Waals surface area contributed by atoms with Crippen LogP contribution < -0.4 is 5.32 Å². The smallest absolute Gasteiger partial charge is 0.229 e. The maximum atomic E-state index is 13.6. The highest BCUT2D eigenvalue weighted by atomic mass is 32.2. The van der Waals surface area contributed by atoms with E-state index in [-0.39, 0.29) is 15.6 Å². The van der Waals surface area contributed by atoms with Crippen molar-refractivity contribution in [1.82, 2.24) is 19.8 Å². The molecule has 30 heavy (non-hydrogen) atoms. The zero-order valence-electron chi connectivity index (χ0n) is 15.6. The standard InChI is InChI=1S/C20H14FN5O2S2/c1-12-5-7-15(8-6-12)30(27,28)20-19-23-18(22-14-4-2-3-13(21)11-14)17-16(9-10-29-17)26(19)25-24-20/h2-11H,1H3,(H,22,23). The molecule has 0 amide bonds. The number of benzene rings is 2. The Morgan fingerprint density at radius 1 is 1.10 bits per heavy atom. The third-order valence-corrected chi connectivity index (χ3v) is 7.17. The van der Waals surface area contributed by atoms with Gasteiger partial charge in [0.25, 0.3) is 0 Å². The van der Waals surface area contributed by atoms with Gasteiger partial charge in [-0.1, -0.05) is 29.0 Å². The number of aryl methyl sites for hydroxylation is 1. The molecule has 1 N–H and O–H groups in total. The number of sulfone groups is 1. The van der Waals surface area contributed by atoms with Gasteiger partial charge in [0.1, 0.15) is 5.82 Å². The van der Waals surface area contributed by atoms with Crippen LogP contribution in [-0.4, -0.2) is 28.2 Å². The molecule has 2 aromatic carbocycles. The third kappa shape index (κ3) is 3.01. The average molecular weight is 439 g/mol. The summed E-state index contributed by atoms with van der Waals surface area (Å²) in [6.07, 6.45) is 0. The molecule has 3 aromatic heterocycles. The molecular formula is C20H14FN5O2S2. The van der Waals surface area contributed by atoms with Crippen LogP contribution >= 0.6 is 11.3 Å². The maximum absolute atomic E-state index is 13.6. The van der Waals surface area contributed by atoms with E-state index in [1.807, 2.05) is 18.4 Å². The predicted octanol–water partition coefficient (Wildman–Crippen LogP) is 4.36. The van der Waals surface area contributed by atoms with E-state index in [1.165, 1.54) is 40.1 Å². The summed E-state index contributed by atoms with van der Waals surface area (Å²) in [4.78, 5) is 4.62. The highest BCUT2D eigenvalue weighted by Crippen LogP contribution is 2.32. The number of halogens is 1. The summed E-state index contributed by atoms with van der Waals surface area (Å²) >= 11 is 1.41. The number of nitrogens with zero attached hydrogens (tertiary/aromatic N) is 4. The van der Waals surface area contributed by atoms with E-state index < -0.39 is 15.7 Å². The highest BCUT2D eigenvalue weighted by molar-refractivity contribution is 7.91. The van der Waals surface area contributed by atoms with Crippen molar-refractivity contribution in [2.24, 2.45) is 0 Å². The second-order valence-electron chi connectivity index (χ2n) is 6.68. The minimum Gasteiger partial charge on any atom is -0.339 e. The van der Waals surface area contributed by atoms with Crippen LogP contribution in [0.15, 0.2) is 69.9 Å². The summed E-state index contributed by atoms with van der Waals surface area (Å²) in [5, 5.41) is 12.7. The van der Waals surface area contributed by atoms with E-state index in [9.17, 15) is 12.8 Å². The zero-order valence-corrected chi connectivity index (χ0v) is 17.2. The lowest BCUT2D eigenvalue weighted by molar-refractivity contribution is 0.592. The number of anilines is 2. The van der Waals surface area contributed by atoms with E-state index in [0.717, 1.165) is 10.3 Å². The van der Waals surface area contributed by atoms with Gasteiger partial charge in [-0.2, -0.15) is 4.52 Å². The SMILES string of the molecule is Cc1ccc(S(=O)(=O)c2nnn3c2nc(Nc2cccc(F)c2)c2sccc23)cc1. The molecule has 0 bridgehead atoms. The Balaban J connectivity index is 1.71. The molecule has 0 aliphatic carbocycles. The van der Waals surface area contributed by atoms with Crippen LogP contribution in [0, 0.1) is 12.7 Å². The quantitative estimate of drug-likeness (QED) is 0.448. The molecule has 0 aliphatic rings. The first kappa shape index (κ1) is 18.6. The van der Waals surface area contributed by atoms with Gasteiger partial charge in [0.2, 0.25) is 14.9 Å². The van der Waals surface area contributed by atoms with Crippen molar-refractivity contribution in [3.05, 3.63) is 71.4 Å². The Morgan fingerprint density at radius 2 is 1.90 bits per heavy atom. The molecule has 0 radical (unpaired) electrons. The molecule has 0 atom stereocenters. The first-order chi connectivity index (χ1) is 14.4. The van der Waals surface area contributed by atoms with Gasteiger partial charge in [-0.15, -0.1) is 16.4 Å². The number of nitrogens with one attached hydrogen (secondary N) is 1. The lowest BCUT2D eigenvalue weighted by Crippen LogP contribution is -2.05. The molecule has 7 nitrogen and oxygen atoms in total. The Kier molecular flexibility index (Phi) is 4.26. The minimum absolute atomic E-state index is 0.0976. The Hall–Kier alpha value is -3.37. The molecule has 0 aliphatic heterocycles. The summed E-state index contributed by atoms with van der Waals surface area (Å²) in [5.74, 6) is 0.0120. The van der Waals surface area contributed by atoms with Gasteiger partial charge in [-0.3, -0.25) is 0 Å². The lowest BCUT2D eigenvalue weighted by atomic mass is 10.2. The lowest BCUT2D eigenvalue weighted by Gasteiger charge is -2.08. The first-order valence-corrected chi connectivity index (χ1v) is 11.3. The van der Waals surface area contributed by atoms with Gasteiger partial charge >= 0.3 is 0 Å². The van der Waals surface area contributed by atoms with Crippen LogP contribution in [0.3, 0.4) is 0 Å². The summed E-state index contributed by atoms with van der Waals surface area (Å²) in [7, 11) is -3.93. The van der Waals surface area contributed by atoms with Crippen molar-refractivity contribution in [2.75, 3.05) is 5.32 Å². The van der Waals surface area contributed by atoms with E-state index in [2.05, 4.69) is 20.6 Å². The number of hydrogen-bond acceptors (Lipinski definition) is 7. The van der Waals surface area contributed by atoms with Crippen LogP contribution in [0.1, 0.15) is 5.56 Å². The number of aromatic nitrogens is 4. The van der Waals surface area contributed by atoms with Gasteiger partial charge in [0.15, 0.2) is 11.5 Å². The maximum Gasteiger partial charge on any atom is 0.229 e. The van der Waals surface area contributed by atoms with Crippen LogP contribution in [-0.2, 0) is 9.84 Å². The molecule has 0 fully saturated rings. The van der Waals surface area contributed by atoms with Crippen LogP contribution in [0.2, 0.25) is 0 Å². The predicted molar refractivity (Wildman–Crippen MR) is 112 cm³/mol. The average Bonchev–Trinajstić information content (AvgIpc) is 3.35. The van der Waals surface area contributed by atoms with Crippen LogP contribution in [0.4, 0.5) is 15.9 Å². The molecule has 5 rings (SSSR count). The fourth-order valence-electron chi connectivity index (χ4n) is 3.11. The van der Waals surface area contributed by atoms with Gasteiger partial charge in [0, 0.05) is 5.69 Å². The van der Waals surface area contributed by atoms with Crippen LogP contribution in [0.25, 0.3) is 15.9 Å². The number of fused-ring (bicyclic) bond motifs is 3. The normalized spacial score (nSPS) is 11.9. The Bertz CT molecular complexity index is 1510. The fourth-order valence-corrected chi connectivity index (χ4v) is 5.16. The molecule has 5 aromatic rings. The van der Waals surface area contributed by atoms with Crippen molar-refractivity contribution < 1.29 is 12.8 Å². The summed E-state index contributed by atoms with van der Waals surface area (Å²) < 4.78 is 42.1. The second kappa shape index (κ2) is 6.85.